The lowest BCUT2D eigenvalue weighted by Gasteiger charge is -2.32. The lowest BCUT2D eigenvalue weighted by atomic mass is 9.98. The van der Waals surface area contributed by atoms with Gasteiger partial charge in [-0.05, 0) is 13.8 Å². The predicted molar refractivity (Wildman–Crippen MR) is 102 cm³/mol. The van der Waals surface area contributed by atoms with Crippen molar-refractivity contribution in [2.45, 2.75) is 31.7 Å². The normalized spacial score (nSPS) is 13.0. The summed E-state index contributed by atoms with van der Waals surface area (Å²) in [7, 11) is 1.11. The van der Waals surface area contributed by atoms with Crippen LogP contribution in [0.5, 0.6) is 0 Å². The summed E-state index contributed by atoms with van der Waals surface area (Å²) in [5.74, 6) is -1.33. The Labute approximate surface area is 169 Å². The van der Waals surface area contributed by atoms with E-state index >= 15 is 0 Å². The molecule has 0 spiro atoms. The van der Waals surface area contributed by atoms with Gasteiger partial charge in [0.1, 0.15) is 5.82 Å². The minimum atomic E-state index is -5.81. The minimum absolute atomic E-state index is 0.0142. The number of rotatable bonds is 3. The maximum Gasteiger partial charge on any atom is 0.422 e. The summed E-state index contributed by atoms with van der Waals surface area (Å²) in [4.78, 5) is 3.81. The summed E-state index contributed by atoms with van der Waals surface area (Å²) in [5, 5.41) is 0. The molecule has 0 aliphatic carbocycles. The number of hydrogen-bond donors (Lipinski definition) is 1. The van der Waals surface area contributed by atoms with Crippen molar-refractivity contribution in [1.82, 2.24) is 9.55 Å². The van der Waals surface area contributed by atoms with Crippen molar-refractivity contribution in [1.29, 1.82) is 0 Å². The summed E-state index contributed by atoms with van der Waals surface area (Å²) >= 11 is 0. The number of imidazole rings is 1. The quantitative estimate of drug-likeness (QED) is 0.549. The summed E-state index contributed by atoms with van der Waals surface area (Å²) < 4.78 is 82.5. The van der Waals surface area contributed by atoms with E-state index < -0.39 is 23.7 Å². The predicted octanol–water partition coefficient (Wildman–Crippen LogP) is 5.65. The largest absolute Gasteiger partial charge is 0.422 e. The molecule has 0 bridgehead atoms. The molecular weight excluding hydrogens is 408 g/mol. The summed E-state index contributed by atoms with van der Waals surface area (Å²) in [6.07, 6.45) is -11.6. The van der Waals surface area contributed by atoms with Gasteiger partial charge >= 0.3 is 12.4 Å². The van der Waals surface area contributed by atoms with E-state index in [0.29, 0.717) is 11.1 Å². The molecule has 3 nitrogen and oxygen atoms in total. The molecule has 30 heavy (non-hydrogen) atoms. The topological polar surface area (TPSA) is 43.8 Å². The Morgan fingerprint density at radius 1 is 0.733 bits per heavy atom. The van der Waals surface area contributed by atoms with Gasteiger partial charge in [0.15, 0.2) is 0 Å². The number of alkyl halides is 6. The Morgan fingerprint density at radius 3 is 1.53 bits per heavy atom. The third-order valence-corrected chi connectivity index (χ3v) is 4.99. The molecule has 0 saturated carbocycles. The highest BCUT2D eigenvalue weighted by Crippen LogP contribution is 2.49. The number of hydrogen-bond acceptors (Lipinski definition) is 2. The Kier molecular flexibility index (Phi) is 5.22. The van der Waals surface area contributed by atoms with E-state index in [1.807, 2.05) is 13.8 Å². The lowest BCUT2D eigenvalue weighted by Crippen LogP contribution is -2.62. The first-order valence-electron chi connectivity index (χ1n) is 8.91. The Morgan fingerprint density at radius 2 is 1.13 bits per heavy atom. The molecule has 0 atom stereocenters. The third-order valence-electron chi connectivity index (χ3n) is 4.99. The highest BCUT2D eigenvalue weighted by molar-refractivity contribution is 5.79. The van der Waals surface area contributed by atoms with Crippen molar-refractivity contribution in [2.75, 3.05) is 0 Å². The van der Waals surface area contributed by atoms with Gasteiger partial charge in [0.2, 0.25) is 0 Å². The Bertz CT molecular complexity index is 1030. The van der Waals surface area contributed by atoms with Crippen molar-refractivity contribution >= 4 is 0 Å². The molecule has 3 aromatic rings. The Hall–Kier alpha value is -2.81. The molecule has 0 radical (unpaired) electrons. The van der Waals surface area contributed by atoms with E-state index in [9.17, 15) is 26.3 Å². The zero-order valence-corrected chi connectivity index (χ0v) is 16.4. The number of aryl methyl sites for hydroxylation is 2. The number of nitrogens with two attached hydrogens (primary N) is 1. The van der Waals surface area contributed by atoms with Crippen LogP contribution in [0.25, 0.3) is 22.5 Å². The second-order valence-corrected chi connectivity index (χ2v) is 7.23. The molecule has 2 N–H and O–H groups in total. The molecule has 0 unspecified atom stereocenters. The Balaban J connectivity index is 2.38. The second kappa shape index (κ2) is 7.16. The monoisotopic (exact) mass is 427 g/mol. The van der Waals surface area contributed by atoms with Crippen LogP contribution in [0.4, 0.5) is 26.3 Å². The fourth-order valence-electron chi connectivity index (χ4n) is 3.22. The fourth-order valence-corrected chi connectivity index (χ4v) is 3.22. The van der Waals surface area contributed by atoms with Crippen molar-refractivity contribution < 1.29 is 26.3 Å². The highest BCUT2D eigenvalue weighted by Gasteiger charge is 2.72. The van der Waals surface area contributed by atoms with Crippen LogP contribution < -0.4 is 5.73 Å². The second-order valence-electron chi connectivity index (χ2n) is 7.23. The molecule has 0 saturated heterocycles. The zero-order valence-electron chi connectivity index (χ0n) is 16.4. The lowest BCUT2D eigenvalue weighted by molar-refractivity contribution is -0.304. The SMILES string of the molecule is Cc1ccc(-c2nc(C(N)(C(F)(F)F)C(F)(F)F)n(C)c2-c2ccc(C)cc2)cc1. The van der Waals surface area contributed by atoms with Crippen LogP contribution in [0, 0.1) is 13.8 Å². The first-order chi connectivity index (χ1) is 13.8. The van der Waals surface area contributed by atoms with E-state index in [2.05, 4.69) is 4.98 Å². The van der Waals surface area contributed by atoms with Crippen molar-refractivity contribution in [3.8, 4) is 22.5 Å². The van der Waals surface area contributed by atoms with Crippen LogP contribution >= 0.6 is 0 Å². The van der Waals surface area contributed by atoms with E-state index in [1.54, 1.807) is 48.5 Å². The summed E-state index contributed by atoms with van der Waals surface area (Å²) in [6.45, 7) is 3.63. The van der Waals surface area contributed by atoms with Gasteiger partial charge in [0, 0.05) is 18.2 Å². The van der Waals surface area contributed by atoms with Crippen molar-refractivity contribution in [3.05, 3.63) is 65.5 Å². The molecule has 9 heteroatoms. The van der Waals surface area contributed by atoms with Gasteiger partial charge in [-0.3, -0.25) is 0 Å². The van der Waals surface area contributed by atoms with Crippen molar-refractivity contribution in [2.24, 2.45) is 12.8 Å². The highest BCUT2D eigenvalue weighted by atomic mass is 19.4. The van der Waals surface area contributed by atoms with Crippen molar-refractivity contribution in [3.63, 3.8) is 0 Å². The molecule has 0 aliphatic heterocycles. The fraction of sp³-hybridized carbons (Fsp3) is 0.286. The van der Waals surface area contributed by atoms with Gasteiger partial charge in [-0.15, -0.1) is 0 Å². The first-order valence-corrected chi connectivity index (χ1v) is 8.91. The van der Waals surface area contributed by atoms with Gasteiger partial charge in [0.25, 0.3) is 5.54 Å². The standard InChI is InChI=1S/C21H19F6N3/c1-12-4-8-14(9-5-12)16-17(15-10-6-13(2)7-11-15)30(3)18(29-16)19(28,20(22,23)24)21(25,26)27/h4-11H,28H2,1-3H3. The molecule has 3 rings (SSSR count). The molecule has 160 valence electrons. The number of nitrogens with zero attached hydrogens (tertiary/aromatic N) is 2. The van der Waals surface area contributed by atoms with Crippen LogP contribution in [0.1, 0.15) is 17.0 Å². The van der Waals surface area contributed by atoms with Crippen LogP contribution in [0.3, 0.4) is 0 Å². The number of benzene rings is 2. The average Bonchev–Trinajstić information content (AvgIpc) is 2.98. The van der Waals surface area contributed by atoms with E-state index in [1.165, 1.54) is 0 Å². The summed E-state index contributed by atoms with van der Waals surface area (Å²) in [5.41, 5.74) is 3.06. The zero-order chi connectivity index (χ0) is 22.5. The van der Waals surface area contributed by atoms with Gasteiger partial charge in [-0.25, -0.2) is 4.98 Å². The molecular formula is C21H19F6N3. The van der Waals surface area contributed by atoms with E-state index in [4.69, 9.17) is 5.73 Å². The number of aromatic nitrogens is 2. The first kappa shape index (κ1) is 21.9. The van der Waals surface area contributed by atoms with E-state index in [0.717, 1.165) is 22.7 Å². The van der Waals surface area contributed by atoms with Crippen LogP contribution in [0.15, 0.2) is 48.5 Å². The van der Waals surface area contributed by atoms with Gasteiger partial charge in [-0.1, -0.05) is 59.7 Å². The van der Waals surface area contributed by atoms with Gasteiger partial charge in [-0.2, -0.15) is 26.3 Å². The summed E-state index contributed by atoms with van der Waals surface area (Å²) in [6, 6.07) is 13.3. The van der Waals surface area contributed by atoms with E-state index in [-0.39, 0.29) is 11.4 Å². The number of halogens is 6. The minimum Gasteiger partial charge on any atom is -0.328 e. The molecule has 2 aromatic carbocycles. The average molecular weight is 427 g/mol. The van der Waals surface area contributed by atoms with Crippen LogP contribution in [-0.4, -0.2) is 21.9 Å². The molecule has 0 fully saturated rings. The molecule has 0 amide bonds. The maximum absolute atomic E-state index is 13.6. The van der Waals surface area contributed by atoms with Gasteiger partial charge in [0.05, 0.1) is 11.4 Å². The molecule has 1 aromatic heterocycles. The maximum atomic E-state index is 13.6. The van der Waals surface area contributed by atoms with Crippen LogP contribution in [-0.2, 0) is 12.6 Å². The van der Waals surface area contributed by atoms with Gasteiger partial charge < -0.3 is 10.3 Å². The smallest absolute Gasteiger partial charge is 0.328 e. The molecule has 1 heterocycles. The third kappa shape index (κ3) is 3.47. The molecule has 0 aliphatic rings. The van der Waals surface area contributed by atoms with Crippen LogP contribution in [0.2, 0.25) is 0 Å².